The lowest BCUT2D eigenvalue weighted by molar-refractivity contribution is -0.131. The molecule has 2 heterocycles. The highest BCUT2D eigenvalue weighted by Gasteiger charge is 2.21. The number of carbonyl (C=O) groups is 1. The molecule has 1 saturated heterocycles. The van der Waals surface area contributed by atoms with Gasteiger partial charge in [0, 0.05) is 45.2 Å². The maximum atomic E-state index is 11.8. The first-order valence-corrected chi connectivity index (χ1v) is 9.42. The Labute approximate surface area is 160 Å². The Morgan fingerprint density at radius 2 is 1.89 bits per heavy atom. The van der Waals surface area contributed by atoms with Crippen LogP contribution in [0, 0.1) is 6.92 Å². The van der Waals surface area contributed by atoms with Crippen molar-refractivity contribution in [2.24, 2.45) is 0 Å². The van der Waals surface area contributed by atoms with Crippen molar-refractivity contribution in [3.8, 4) is 0 Å². The van der Waals surface area contributed by atoms with Crippen LogP contribution in [-0.4, -0.2) is 58.6 Å². The number of aryl methyl sites for hydroxylation is 1. The van der Waals surface area contributed by atoms with Crippen LogP contribution < -0.4 is 10.2 Å². The van der Waals surface area contributed by atoms with E-state index in [2.05, 4.69) is 20.2 Å². The third kappa shape index (κ3) is 4.95. The maximum absolute atomic E-state index is 11.8. The highest BCUT2D eigenvalue weighted by Crippen LogP contribution is 2.19. The minimum Gasteiger partial charge on any atom is -0.387 e. The first kappa shape index (κ1) is 19.1. The summed E-state index contributed by atoms with van der Waals surface area (Å²) in [4.78, 5) is 24.9. The Kier molecular flexibility index (Phi) is 6.24. The summed E-state index contributed by atoms with van der Waals surface area (Å²) < 4.78 is 0. The SMILES string of the molecule is CCC(=O)N1CCN(c2cc(NCC(O)c3ccccc3)nc(C)n2)CC1. The fourth-order valence-corrected chi connectivity index (χ4v) is 3.21. The van der Waals surface area contributed by atoms with Gasteiger partial charge in [0.15, 0.2) is 0 Å². The van der Waals surface area contributed by atoms with Crippen LogP contribution in [0.5, 0.6) is 0 Å². The normalized spacial score (nSPS) is 15.5. The molecular formula is C20H27N5O2. The predicted octanol–water partition coefficient (Wildman–Crippen LogP) is 1.99. The molecule has 1 atom stereocenters. The van der Waals surface area contributed by atoms with E-state index in [-0.39, 0.29) is 5.91 Å². The predicted molar refractivity (Wildman–Crippen MR) is 106 cm³/mol. The number of nitrogens with zero attached hydrogens (tertiary/aromatic N) is 4. The number of aliphatic hydroxyl groups excluding tert-OH is 1. The summed E-state index contributed by atoms with van der Waals surface area (Å²) in [5, 5.41) is 13.5. The molecule has 1 unspecified atom stereocenters. The van der Waals surface area contributed by atoms with Gasteiger partial charge < -0.3 is 20.2 Å². The number of piperazine rings is 1. The molecule has 1 aromatic heterocycles. The number of aliphatic hydroxyl groups is 1. The Balaban J connectivity index is 1.62. The summed E-state index contributed by atoms with van der Waals surface area (Å²) in [6.07, 6.45) is -0.0572. The van der Waals surface area contributed by atoms with Crippen LogP contribution in [0.3, 0.4) is 0 Å². The molecule has 7 nitrogen and oxygen atoms in total. The van der Waals surface area contributed by atoms with Gasteiger partial charge in [0.25, 0.3) is 0 Å². The number of nitrogens with one attached hydrogen (secondary N) is 1. The van der Waals surface area contributed by atoms with Crippen molar-refractivity contribution in [2.75, 3.05) is 42.9 Å². The molecular weight excluding hydrogens is 342 g/mol. The van der Waals surface area contributed by atoms with Gasteiger partial charge in [-0.15, -0.1) is 0 Å². The highest BCUT2D eigenvalue weighted by molar-refractivity contribution is 5.76. The van der Waals surface area contributed by atoms with E-state index < -0.39 is 6.10 Å². The molecule has 27 heavy (non-hydrogen) atoms. The average molecular weight is 369 g/mol. The fourth-order valence-electron chi connectivity index (χ4n) is 3.21. The number of hydrogen-bond donors (Lipinski definition) is 2. The van der Waals surface area contributed by atoms with Crippen LogP contribution in [0.25, 0.3) is 0 Å². The lowest BCUT2D eigenvalue weighted by atomic mass is 10.1. The third-order valence-electron chi connectivity index (χ3n) is 4.74. The summed E-state index contributed by atoms with van der Waals surface area (Å²) in [5.74, 6) is 2.42. The van der Waals surface area contributed by atoms with Gasteiger partial charge in [-0.2, -0.15) is 0 Å². The maximum Gasteiger partial charge on any atom is 0.222 e. The molecule has 3 rings (SSSR count). The van der Waals surface area contributed by atoms with Crippen molar-refractivity contribution < 1.29 is 9.90 Å². The molecule has 7 heteroatoms. The number of anilines is 2. The van der Waals surface area contributed by atoms with E-state index in [0.29, 0.717) is 37.7 Å². The Morgan fingerprint density at radius 1 is 1.19 bits per heavy atom. The Hall–Kier alpha value is -2.67. The second-order valence-corrected chi connectivity index (χ2v) is 6.69. The molecule has 0 aliphatic carbocycles. The van der Waals surface area contributed by atoms with Crippen LogP contribution in [0.15, 0.2) is 36.4 Å². The van der Waals surface area contributed by atoms with Crippen molar-refractivity contribution in [1.29, 1.82) is 0 Å². The van der Waals surface area contributed by atoms with Crippen LogP contribution in [0.1, 0.15) is 30.8 Å². The van der Waals surface area contributed by atoms with Crippen molar-refractivity contribution in [2.45, 2.75) is 26.4 Å². The first-order valence-electron chi connectivity index (χ1n) is 9.42. The van der Waals surface area contributed by atoms with Gasteiger partial charge in [-0.3, -0.25) is 4.79 Å². The van der Waals surface area contributed by atoms with Gasteiger partial charge in [-0.05, 0) is 12.5 Å². The van der Waals surface area contributed by atoms with Gasteiger partial charge in [0.1, 0.15) is 17.5 Å². The quantitative estimate of drug-likeness (QED) is 0.810. The second kappa shape index (κ2) is 8.81. The van der Waals surface area contributed by atoms with Crippen LogP contribution >= 0.6 is 0 Å². The summed E-state index contributed by atoms with van der Waals surface area (Å²) in [6.45, 7) is 7.07. The van der Waals surface area contributed by atoms with Gasteiger partial charge in [0.05, 0.1) is 6.10 Å². The average Bonchev–Trinajstić information content (AvgIpc) is 2.71. The lowest BCUT2D eigenvalue weighted by Crippen LogP contribution is -2.48. The summed E-state index contributed by atoms with van der Waals surface area (Å²) in [5.41, 5.74) is 0.868. The number of amides is 1. The van der Waals surface area contributed by atoms with E-state index in [0.717, 1.165) is 24.5 Å². The molecule has 1 aliphatic heterocycles. The fraction of sp³-hybridized carbons (Fsp3) is 0.450. The van der Waals surface area contributed by atoms with E-state index in [9.17, 15) is 9.90 Å². The molecule has 2 aromatic rings. The molecule has 144 valence electrons. The standard InChI is InChI=1S/C20H27N5O2/c1-3-20(27)25-11-9-24(10-12-25)19-13-18(22-15(2)23-19)21-14-17(26)16-7-5-4-6-8-16/h4-8,13,17,26H,3,9-12,14H2,1-2H3,(H,21,22,23). The molecule has 0 bridgehead atoms. The van der Waals surface area contributed by atoms with E-state index >= 15 is 0 Å². The van der Waals surface area contributed by atoms with Crippen LogP contribution in [0.4, 0.5) is 11.6 Å². The van der Waals surface area contributed by atoms with Crippen LogP contribution in [0.2, 0.25) is 0 Å². The number of rotatable bonds is 6. The summed E-state index contributed by atoms with van der Waals surface area (Å²) in [6, 6.07) is 11.5. The summed E-state index contributed by atoms with van der Waals surface area (Å²) in [7, 11) is 0. The topological polar surface area (TPSA) is 81.6 Å². The van der Waals surface area contributed by atoms with Gasteiger partial charge in [-0.1, -0.05) is 37.3 Å². The smallest absolute Gasteiger partial charge is 0.222 e. The second-order valence-electron chi connectivity index (χ2n) is 6.69. The molecule has 1 amide bonds. The lowest BCUT2D eigenvalue weighted by Gasteiger charge is -2.35. The number of carbonyl (C=O) groups excluding carboxylic acids is 1. The zero-order chi connectivity index (χ0) is 19.2. The monoisotopic (exact) mass is 369 g/mol. The molecule has 2 N–H and O–H groups in total. The Morgan fingerprint density at radius 3 is 2.56 bits per heavy atom. The zero-order valence-corrected chi connectivity index (χ0v) is 15.9. The molecule has 1 aliphatic rings. The van der Waals surface area contributed by atoms with Crippen molar-refractivity contribution in [3.05, 3.63) is 47.8 Å². The van der Waals surface area contributed by atoms with Crippen molar-refractivity contribution in [3.63, 3.8) is 0 Å². The third-order valence-corrected chi connectivity index (χ3v) is 4.74. The number of aromatic nitrogens is 2. The molecule has 0 radical (unpaired) electrons. The minimum atomic E-state index is -0.603. The van der Waals surface area contributed by atoms with Crippen molar-refractivity contribution in [1.82, 2.24) is 14.9 Å². The van der Waals surface area contributed by atoms with Crippen LogP contribution in [-0.2, 0) is 4.79 Å². The molecule has 1 aromatic carbocycles. The van der Waals surface area contributed by atoms with E-state index in [4.69, 9.17) is 0 Å². The van der Waals surface area contributed by atoms with Gasteiger partial charge in [-0.25, -0.2) is 9.97 Å². The summed E-state index contributed by atoms with van der Waals surface area (Å²) >= 11 is 0. The van der Waals surface area contributed by atoms with Gasteiger partial charge in [0.2, 0.25) is 5.91 Å². The number of benzene rings is 1. The van der Waals surface area contributed by atoms with Crippen molar-refractivity contribution >= 4 is 17.5 Å². The molecule has 1 fully saturated rings. The molecule has 0 spiro atoms. The number of hydrogen-bond acceptors (Lipinski definition) is 6. The van der Waals surface area contributed by atoms with E-state index in [1.807, 2.05) is 55.1 Å². The van der Waals surface area contributed by atoms with E-state index in [1.165, 1.54) is 0 Å². The Bertz CT molecular complexity index is 760. The van der Waals surface area contributed by atoms with Gasteiger partial charge >= 0.3 is 0 Å². The largest absolute Gasteiger partial charge is 0.387 e. The zero-order valence-electron chi connectivity index (χ0n) is 15.9. The first-order chi connectivity index (χ1) is 13.1. The highest BCUT2D eigenvalue weighted by atomic mass is 16.3. The minimum absolute atomic E-state index is 0.200. The van der Waals surface area contributed by atoms with E-state index in [1.54, 1.807) is 0 Å². The molecule has 0 saturated carbocycles.